The Morgan fingerprint density at radius 1 is 0.969 bits per heavy atom. The third-order valence-electron chi connectivity index (χ3n) is 5.13. The van der Waals surface area contributed by atoms with Crippen molar-refractivity contribution in [2.75, 3.05) is 38.6 Å². The van der Waals surface area contributed by atoms with Crippen molar-refractivity contribution in [2.45, 2.75) is 18.2 Å². The summed E-state index contributed by atoms with van der Waals surface area (Å²) in [5.74, 6) is 4.28. The number of thioether (sulfide) groups is 1. The summed E-state index contributed by atoms with van der Waals surface area (Å²) >= 11 is 1.86. The Morgan fingerprint density at radius 2 is 1.66 bits per heavy atom. The van der Waals surface area contributed by atoms with Gasteiger partial charge in [0.15, 0.2) is 0 Å². The second kappa shape index (κ2) is 13.7. The Hall–Kier alpha value is -2.63. The standard InChI is InChI=1S/C13H19NO.C8H8OS.C6H6O/c1-12-7-8-14(11-12)9-10-15-13-5-3-2-4-6-13;1-2-4-8-7(3-1)9-5-6-10-8;7-6-4-2-1-3-5-6/h2-6,12H,7-11H2,1H3;1-4H,5-6H2;1-5,7H. The van der Waals surface area contributed by atoms with E-state index >= 15 is 0 Å². The van der Waals surface area contributed by atoms with Gasteiger partial charge in [0.25, 0.3) is 0 Å². The minimum Gasteiger partial charge on any atom is -0.508 e. The van der Waals surface area contributed by atoms with Crippen LogP contribution in [-0.2, 0) is 0 Å². The van der Waals surface area contributed by atoms with E-state index in [1.165, 1.54) is 24.4 Å². The highest BCUT2D eigenvalue weighted by Gasteiger charge is 2.17. The van der Waals surface area contributed by atoms with Crippen molar-refractivity contribution in [3.8, 4) is 17.2 Å². The molecular formula is C27H33NO3S. The summed E-state index contributed by atoms with van der Waals surface area (Å²) in [6.07, 6.45) is 1.34. The molecule has 1 fully saturated rings. The maximum Gasteiger partial charge on any atom is 0.132 e. The molecule has 0 radical (unpaired) electrons. The lowest BCUT2D eigenvalue weighted by atomic mass is 10.2. The zero-order valence-corrected chi connectivity index (χ0v) is 19.5. The van der Waals surface area contributed by atoms with Crippen LogP contribution in [0.2, 0.25) is 0 Å². The maximum atomic E-state index is 8.63. The molecule has 1 unspecified atom stereocenters. The number of hydrogen-bond acceptors (Lipinski definition) is 5. The Morgan fingerprint density at radius 3 is 2.28 bits per heavy atom. The van der Waals surface area contributed by atoms with Crippen molar-refractivity contribution in [3.05, 3.63) is 84.9 Å². The minimum absolute atomic E-state index is 0.322. The molecule has 4 nitrogen and oxygen atoms in total. The molecule has 32 heavy (non-hydrogen) atoms. The Kier molecular flexibility index (Phi) is 10.3. The molecule has 3 aromatic carbocycles. The predicted molar refractivity (Wildman–Crippen MR) is 133 cm³/mol. The number of para-hydroxylation sites is 3. The summed E-state index contributed by atoms with van der Waals surface area (Å²) in [7, 11) is 0. The molecule has 2 aliphatic heterocycles. The number of phenolic OH excluding ortho intramolecular Hbond substituents is 1. The van der Waals surface area contributed by atoms with E-state index in [2.05, 4.69) is 17.9 Å². The molecule has 170 valence electrons. The third kappa shape index (κ3) is 8.85. The first-order valence-electron chi connectivity index (χ1n) is 11.2. The van der Waals surface area contributed by atoms with Crippen LogP contribution in [0.25, 0.3) is 0 Å². The van der Waals surface area contributed by atoms with Gasteiger partial charge in [-0.2, -0.15) is 0 Å². The van der Waals surface area contributed by atoms with Crippen molar-refractivity contribution in [1.29, 1.82) is 0 Å². The molecule has 1 saturated heterocycles. The molecule has 5 heteroatoms. The van der Waals surface area contributed by atoms with Gasteiger partial charge in [-0.25, -0.2) is 0 Å². The van der Waals surface area contributed by atoms with Crippen LogP contribution >= 0.6 is 11.8 Å². The fourth-order valence-electron chi connectivity index (χ4n) is 3.46. The van der Waals surface area contributed by atoms with E-state index in [1.54, 1.807) is 24.3 Å². The summed E-state index contributed by atoms with van der Waals surface area (Å²) in [5, 5.41) is 8.63. The molecule has 0 saturated carbocycles. The molecule has 2 heterocycles. The molecular weight excluding hydrogens is 418 g/mol. The molecule has 0 spiro atoms. The van der Waals surface area contributed by atoms with Gasteiger partial charge in [0.1, 0.15) is 23.9 Å². The van der Waals surface area contributed by atoms with E-state index in [0.717, 1.165) is 42.9 Å². The lowest BCUT2D eigenvalue weighted by Gasteiger charge is -2.15. The van der Waals surface area contributed by atoms with E-state index in [1.807, 2.05) is 66.4 Å². The van der Waals surface area contributed by atoms with Crippen LogP contribution in [0.1, 0.15) is 13.3 Å². The highest BCUT2D eigenvalue weighted by atomic mass is 32.2. The van der Waals surface area contributed by atoms with Gasteiger partial charge in [-0.3, -0.25) is 4.90 Å². The Bertz CT molecular complexity index is 867. The lowest BCUT2D eigenvalue weighted by Crippen LogP contribution is -2.25. The van der Waals surface area contributed by atoms with Gasteiger partial charge >= 0.3 is 0 Å². The van der Waals surface area contributed by atoms with Crippen molar-refractivity contribution >= 4 is 11.8 Å². The highest BCUT2D eigenvalue weighted by molar-refractivity contribution is 7.99. The molecule has 0 bridgehead atoms. The number of hydrogen-bond donors (Lipinski definition) is 1. The second-order valence-corrected chi connectivity index (χ2v) is 8.97. The molecule has 5 rings (SSSR count). The second-order valence-electron chi connectivity index (χ2n) is 7.84. The van der Waals surface area contributed by atoms with Gasteiger partial charge in [0.05, 0.1) is 6.61 Å². The van der Waals surface area contributed by atoms with E-state index in [4.69, 9.17) is 14.6 Å². The molecule has 3 aromatic rings. The average Bonchev–Trinajstić information content (AvgIpc) is 3.26. The van der Waals surface area contributed by atoms with Gasteiger partial charge in [-0.15, -0.1) is 11.8 Å². The summed E-state index contributed by atoms with van der Waals surface area (Å²) in [6.45, 7) is 7.49. The zero-order chi connectivity index (χ0) is 22.4. The van der Waals surface area contributed by atoms with Crippen LogP contribution in [0.15, 0.2) is 89.8 Å². The third-order valence-corrected chi connectivity index (χ3v) is 6.15. The fourth-order valence-corrected chi connectivity index (χ4v) is 4.29. The quantitative estimate of drug-likeness (QED) is 0.529. The van der Waals surface area contributed by atoms with Crippen molar-refractivity contribution < 1.29 is 14.6 Å². The number of likely N-dealkylation sites (tertiary alicyclic amines) is 1. The minimum atomic E-state index is 0.322. The van der Waals surface area contributed by atoms with Gasteiger partial charge in [-0.05, 0) is 55.3 Å². The Balaban J connectivity index is 0.000000146. The van der Waals surface area contributed by atoms with Crippen LogP contribution in [0, 0.1) is 5.92 Å². The van der Waals surface area contributed by atoms with Crippen LogP contribution in [0.5, 0.6) is 17.2 Å². The number of fused-ring (bicyclic) bond motifs is 1. The van der Waals surface area contributed by atoms with Gasteiger partial charge in [0.2, 0.25) is 0 Å². The molecule has 2 aliphatic rings. The number of phenols is 1. The number of aromatic hydroxyl groups is 1. The molecule has 1 atom stereocenters. The first kappa shape index (κ1) is 24.0. The number of benzene rings is 3. The highest BCUT2D eigenvalue weighted by Crippen LogP contribution is 2.32. The molecule has 0 amide bonds. The van der Waals surface area contributed by atoms with E-state index in [-0.39, 0.29) is 0 Å². The monoisotopic (exact) mass is 451 g/mol. The maximum absolute atomic E-state index is 8.63. The lowest BCUT2D eigenvalue weighted by molar-refractivity contribution is 0.234. The summed E-state index contributed by atoms with van der Waals surface area (Å²) < 4.78 is 11.1. The molecule has 0 aromatic heterocycles. The van der Waals surface area contributed by atoms with Crippen LogP contribution in [0.4, 0.5) is 0 Å². The van der Waals surface area contributed by atoms with Gasteiger partial charge in [0, 0.05) is 23.7 Å². The smallest absolute Gasteiger partial charge is 0.132 e. The van der Waals surface area contributed by atoms with Gasteiger partial charge in [-0.1, -0.05) is 55.5 Å². The topological polar surface area (TPSA) is 41.9 Å². The number of ether oxygens (including phenoxy) is 2. The first-order chi connectivity index (χ1) is 15.7. The first-order valence-corrected chi connectivity index (χ1v) is 12.2. The summed E-state index contributed by atoms with van der Waals surface area (Å²) in [5.41, 5.74) is 0. The van der Waals surface area contributed by atoms with Gasteiger partial charge < -0.3 is 14.6 Å². The van der Waals surface area contributed by atoms with Crippen LogP contribution < -0.4 is 9.47 Å². The number of nitrogens with zero attached hydrogens (tertiary/aromatic N) is 1. The van der Waals surface area contributed by atoms with Crippen molar-refractivity contribution in [1.82, 2.24) is 4.90 Å². The average molecular weight is 452 g/mol. The fraction of sp³-hybridized carbons (Fsp3) is 0.333. The van der Waals surface area contributed by atoms with Crippen molar-refractivity contribution in [2.24, 2.45) is 5.92 Å². The summed E-state index contributed by atoms with van der Waals surface area (Å²) in [6, 6.07) is 26.9. The summed E-state index contributed by atoms with van der Waals surface area (Å²) in [4.78, 5) is 3.75. The SMILES string of the molecule is CC1CCN(CCOc2ccccc2)C1.Oc1ccccc1.c1ccc2c(c1)OCCS2. The van der Waals surface area contributed by atoms with Crippen LogP contribution in [0.3, 0.4) is 0 Å². The predicted octanol–water partition coefficient (Wildman–Crippen LogP) is 5.97. The Labute approximate surface area is 196 Å². The largest absolute Gasteiger partial charge is 0.508 e. The normalized spacial score (nSPS) is 17.0. The van der Waals surface area contributed by atoms with Crippen LogP contribution in [-0.4, -0.2) is 48.6 Å². The van der Waals surface area contributed by atoms with E-state index in [0.29, 0.717) is 5.75 Å². The van der Waals surface area contributed by atoms with Crippen molar-refractivity contribution in [3.63, 3.8) is 0 Å². The van der Waals surface area contributed by atoms with E-state index < -0.39 is 0 Å². The zero-order valence-electron chi connectivity index (χ0n) is 18.7. The number of rotatable bonds is 4. The molecule has 0 aliphatic carbocycles. The van der Waals surface area contributed by atoms with E-state index in [9.17, 15) is 0 Å². The molecule has 1 N–H and O–H groups in total.